The second-order valence-electron chi connectivity index (χ2n) is 20.1. The van der Waals surface area contributed by atoms with Crippen LogP contribution in [0.5, 0.6) is 5.88 Å². The minimum atomic E-state index is -1.75. The summed E-state index contributed by atoms with van der Waals surface area (Å²) in [6, 6.07) is 67.1. The molecule has 0 aliphatic rings. The van der Waals surface area contributed by atoms with E-state index in [-0.39, 0.29) is 5.97 Å². The Kier molecular flexibility index (Phi) is 19.4. The van der Waals surface area contributed by atoms with Crippen molar-refractivity contribution in [3.05, 3.63) is 210 Å². The van der Waals surface area contributed by atoms with E-state index in [0.29, 0.717) is 31.9 Å². The third-order valence-corrected chi connectivity index (χ3v) is 19.3. The number of aromatic nitrogens is 1. The van der Waals surface area contributed by atoms with Crippen LogP contribution in [0.25, 0.3) is 21.7 Å². The molecule has 0 fully saturated rings. The van der Waals surface area contributed by atoms with E-state index in [1.54, 1.807) is 7.11 Å². The number of carbonyl (C=O) groups is 1. The van der Waals surface area contributed by atoms with Crippen LogP contribution >= 0.6 is 7.26 Å². The van der Waals surface area contributed by atoms with Crippen molar-refractivity contribution in [3.63, 3.8) is 0 Å². The van der Waals surface area contributed by atoms with E-state index >= 15 is 0 Å². The minimum Gasteiger partial charge on any atom is -0.481 e. The molecule has 0 amide bonds. The molecule has 1 N–H and O–H groups in total. The summed E-state index contributed by atoms with van der Waals surface area (Å²) < 4.78 is 11.8. The monoisotopic (exact) mass is 992 g/mol. The van der Waals surface area contributed by atoms with Crippen LogP contribution in [0.1, 0.15) is 112 Å². The van der Waals surface area contributed by atoms with Gasteiger partial charge in [0.25, 0.3) is 0 Å². The number of hydrogen-bond donors (Lipinski definition) is 1. The summed E-state index contributed by atoms with van der Waals surface area (Å²) in [5.74, 6) is -0.0574. The number of rotatable bonds is 28. The number of pyridine rings is 1. The molecular weight excluding hydrogens is 916 g/mol. The summed E-state index contributed by atoms with van der Waals surface area (Å²) >= 11 is 0. The van der Waals surface area contributed by atoms with Crippen molar-refractivity contribution in [3.8, 4) is 5.88 Å². The highest BCUT2D eigenvalue weighted by Gasteiger charge is 2.45. The predicted octanol–water partition coefficient (Wildman–Crippen LogP) is 14.1. The lowest BCUT2D eigenvalue weighted by Crippen LogP contribution is -2.38. The third-order valence-electron chi connectivity index (χ3n) is 14.8. The zero-order chi connectivity index (χ0) is 50.7. The Morgan fingerprint density at radius 2 is 1.16 bits per heavy atom. The van der Waals surface area contributed by atoms with Gasteiger partial charge >= 0.3 is 5.97 Å². The van der Waals surface area contributed by atoms with Crippen LogP contribution in [-0.2, 0) is 21.6 Å². The number of methoxy groups -OCH3 is 1. The Morgan fingerprint density at radius 3 is 1.78 bits per heavy atom. The Bertz CT molecular complexity index is 2830. The first-order chi connectivity index (χ1) is 35.8. The molecule has 73 heavy (non-hydrogen) atoms. The maximum atomic E-state index is 13.4. The number of carbonyl (C=O) groups excluding carboxylic acids is 1. The van der Waals surface area contributed by atoms with Gasteiger partial charge in [-0.1, -0.05) is 172 Å². The van der Waals surface area contributed by atoms with Crippen molar-refractivity contribution >= 4 is 50.8 Å². The van der Waals surface area contributed by atoms with E-state index < -0.39 is 18.8 Å². The number of hydrogen-bond acceptors (Lipinski definition) is 6. The Balaban J connectivity index is 0.788. The molecule has 378 valence electrons. The number of aryl methyl sites for hydroxylation is 1. The fraction of sp³-hybridized carbons (Fsp3) is 0.333. The summed E-state index contributed by atoms with van der Waals surface area (Å²) in [5, 5.41) is 20.9. The van der Waals surface area contributed by atoms with Crippen molar-refractivity contribution in [2.45, 2.75) is 101 Å². The fourth-order valence-electron chi connectivity index (χ4n) is 11.0. The molecule has 0 aliphatic heterocycles. The lowest BCUT2D eigenvalue weighted by Gasteiger charge is -2.39. The average Bonchev–Trinajstić information content (AvgIpc) is 3.43. The molecule has 0 saturated heterocycles. The number of ether oxygens (including phenoxy) is 2. The van der Waals surface area contributed by atoms with Crippen molar-refractivity contribution < 1.29 is 19.4 Å². The first kappa shape index (κ1) is 53.1. The lowest BCUT2D eigenvalue weighted by atomic mass is 9.70. The second kappa shape index (κ2) is 26.7. The quantitative estimate of drug-likeness (QED) is 0.0299. The van der Waals surface area contributed by atoms with Gasteiger partial charge in [0.2, 0.25) is 5.88 Å². The standard InChI is InChI=1S/C66H76N2O4P/c1-68(2)47-46-66(70,61-42-29-34-53-31-24-25-41-59(53)61)64(54-32-15-11-16-33-54)60-51-55-50-52(44-45-62(55)67-65(60)71-3)30-26-27-48-72-63(69)43-23-9-7-5-4-6-8-10-28-49-73(56-35-17-12-18-36-56,57-37-19-13-20-38-57)58-39-21-14-22-40-58/h11-22,24-25,29,31-42,44-45,50-51,64,70H,4-10,23,26-28,30,43,46-49H2,1-3H3/q+1/t64-,66?/m1/s1. The summed E-state index contributed by atoms with van der Waals surface area (Å²) in [7, 11) is 4.01. The number of esters is 1. The SMILES string of the molecule is COc1nc2ccc(CCCCOC(=O)CCCCCCCCCCC[P+](c3ccccc3)(c3ccccc3)c3ccccc3)cc2cc1[C@@H](c1ccccc1)C(O)(CCN(C)C)c1cccc2ccccc12. The molecule has 0 bridgehead atoms. The summed E-state index contributed by atoms with van der Waals surface area (Å²) in [6.07, 6.45) is 15.4. The predicted molar refractivity (Wildman–Crippen MR) is 308 cm³/mol. The van der Waals surface area contributed by atoms with Crippen LogP contribution in [0, 0.1) is 0 Å². The zero-order valence-corrected chi connectivity index (χ0v) is 44.4. The van der Waals surface area contributed by atoms with E-state index in [1.807, 2.05) is 50.5 Å². The van der Waals surface area contributed by atoms with Gasteiger partial charge in [0.15, 0.2) is 0 Å². The Morgan fingerprint density at radius 1 is 0.603 bits per heavy atom. The minimum absolute atomic E-state index is 0.0827. The lowest BCUT2D eigenvalue weighted by molar-refractivity contribution is -0.143. The highest BCUT2D eigenvalue weighted by molar-refractivity contribution is 7.95. The van der Waals surface area contributed by atoms with E-state index in [4.69, 9.17) is 14.5 Å². The summed E-state index contributed by atoms with van der Waals surface area (Å²) in [6.45, 7) is 1.12. The Labute approximate surface area is 436 Å². The molecule has 7 heteroatoms. The molecule has 8 aromatic rings. The molecule has 8 rings (SSSR count). The van der Waals surface area contributed by atoms with Crippen molar-refractivity contribution in [2.75, 3.05) is 40.5 Å². The second-order valence-corrected chi connectivity index (χ2v) is 23.7. The normalized spacial score (nSPS) is 13.0. The summed E-state index contributed by atoms with van der Waals surface area (Å²) in [5.41, 5.74) is 3.45. The molecule has 0 aliphatic carbocycles. The fourth-order valence-corrected chi connectivity index (χ4v) is 15.4. The molecule has 1 aromatic heterocycles. The number of aliphatic hydroxyl groups is 1. The molecule has 0 spiro atoms. The molecular formula is C66H76N2O4P+. The average molecular weight is 992 g/mol. The number of benzene rings is 7. The van der Waals surface area contributed by atoms with Gasteiger partial charge in [-0.2, -0.15) is 0 Å². The molecule has 1 heterocycles. The van der Waals surface area contributed by atoms with Gasteiger partial charge in [-0.3, -0.25) is 4.79 Å². The van der Waals surface area contributed by atoms with Crippen molar-refractivity contribution in [1.82, 2.24) is 9.88 Å². The largest absolute Gasteiger partial charge is 0.481 e. The van der Waals surface area contributed by atoms with E-state index in [1.165, 1.54) is 72.6 Å². The third kappa shape index (κ3) is 13.5. The smallest absolute Gasteiger partial charge is 0.305 e. The highest BCUT2D eigenvalue weighted by Crippen LogP contribution is 2.56. The van der Waals surface area contributed by atoms with E-state index in [2.05, 4.69) is 157 Å². The molecule has 7 aromatic carbocycles. The number of unbranched alkanes of at least 4 members (excludes halogenated alkanes) is 9. The van der Waals surface area contributed by atoms with Gasteiger partial charge in [-0.05, 0) is 141 Å². The van der Waals surface area contributed by atoms with Gasteiger partial charge in [-0.15, -0.1) is 0 Å². The first-order valence-corrected chi connectivity index (χ1v) is 28.9. The number of nitrogens with zero attached hydrogens (tertiary/aromatic N) is 2. The zero-order valence-electron chi connectivity index (χ0n) is 43.5. The van der Waals surface area contributed by atoms with Gasteiger partial charge in [-0.25, -0.2) is 4.98 Å². The van der Waals surface area contributed by atoms with E-state index in [9.17, 15) is 9.90 Å². The van der Waals surface area contributed by atoms with Gasteiger partial charge in [0.1, 0.15) is 28.8 Å². The van der Waals surface area contributed by atoms with Crippen LogP contribution in [0.3, 0.4) is 0 Å². The topological polar surface area (TPSA) is 71.9 Å². The van der Waals surface area contributed by atoms with Gasteiger partial charge in [0.05, 0.1) is 25.4 Å². The molecule has 1 unspecified atom stereocenters. The van der Waals surface area contributed by atoms with E-state index in [0.717, 1.165) is 70.5 Å². The Hall–Kier alpha value is -6.17. The van der Waals surface area contributed by atoms with Crippen molar-refractivity contribution in [2.24, 2.45) is 0 Å². The van der Waals surface area contributed by atoms with Crippen LogP contribution in [0.15, 0.2) is 188 Å². The van der Waals surface area contributed by atoms with Crippen molar-refractivity contribution in [1.29, 1.82) is 0 Å². The maximum Gasteiger partial charge on any atom is 0.305 e. The molecule has 0 saturated carbocycles. The molecule has 6 nitrogen and oxygen atoms in total. The maximum absolute atomic E-state index is 13.4. The number of fused-ring (bicyclic) bond motifs is 2. The highest BCUT2D eigenvalue weighted by atomic mass is 31.2. The first-order valence-electron chi connectivity index (χ1n) is 26.9. The van der Waals surface area contributed by atoms with Crippen LogP contribution in [0.4, 0.5) is 0 Å². The van der Waals surface area contributed by atoms with Gasteiger partial charge < -0.3 is 19.5 Å². The van der Waals surface area contributed by atoms with Crippen LogP contribution in [0.2, 0.25) is 0 Å². The van der Waals surface area contributed by atoms with Crippen LogP contribution in [-0.4, -0.2) is 61.5 Å². The molecule has 2 atom stereocenters. The molecule has 0 radical (unpaired) electrons. The van der Waals surface area contributed by atoms with Crippen LogP contribution < -0.4 is 20.7 Å². The summed E-state index contributed by atoms with van der Waals surface area (Å²) in [4.78, 5) is 19.9. The van der Waals surface area contributed by atoms with Gasteiger partial charge in [0, 0.05) is 29.8 Å².